The lowest BCUT2D eigenvalue weighted by Crippen LogP contribution is -2.46. The molecule has 1 unspecified atom stereocenters. The fourth-order valence-corrected chi connectivity index (χ4v) is 2.66. The van der Waals surface area contributed by atoms with E-state index in [1.54, 1.807) is 4.90 Å². The van der Waals surface area contributed by atoms with E-state index in [-0.39, 0.29) is 18.7 Å². The number of nitrogens with one attached hydrogen (secondary N) is 1. The van der Waals surface area contributed by atoms with Crippen LogP contribution in [0.1, 0.15) is 32.3 Å². The van der Waals surface area contributed by atoms with E-state index >= 15 is 0 Å². The van der Waals surface area contributed by atoms with Gasteiger partial charge in [-0.2, -0.15) is 0 Å². The second-order valence-corrected chi connectivity index (χ2v) is 6.06. The Hall–Kier alpha value is -2.24. The number of hydrogen-bond donors (Lipinski definition) is 2. The average Bonchev–Trinajstić information content (AvgIpc) is 2.53. The summed E-state index contributed by atoms with van der Waals surface area (Å²) >= 11 is 0. The van der Waals surface area contributed by atoms with Gasteiger partial charge in [0.05, 0.1) is 12.0 Å². The summed E-state index contributed by atoms with van der Waals surface area (Å²) in [4.78, 5) is 24.9. The molecule has 1 aromatic rings. The summed E-state index contributed by atoms with van der Waals surface area (Å²) in [6.45, 7) is 5.13. The minimum absolute atomic E-state index is 0.0604. The monoisotopic (exact) mass is 320 g/mol. The summed E-state index contributed by atoms with van der Waals surface area (Å²) in [5.74, 6) is -0.547. The van der Waals surface area contributed by atoms with Crippen molar-refractivity contribution in [1.82, 2.24) is 10.2 Å². The van der Waals surface area contributed by atoms with Crippen molar-refractivity contribution >= 4 is 12.0 Å². The number of benzene rings is 1. The van der Waals surface area contributed by atoms with E-state index in [1.165, 1.54) is 0 Å². The molecule has 6 heteroatoms. The molecule has 1 aliphatic heterocycles. The highest BCUT2D eigenvalue weighted by atomic mass is 16.5. The molecule has 0 bridgehead atoms. The first kappa shape index (κ1) is 17.1. The molecule has 1 saturated heterocycles. The van der Waals surface area contributed by atoms with Gasteiger partial charge in [0.25, 0.3) is 0 Å². The Morgan fingerprint density at radius 2 is 2.13 bits per heavy atom. The second kappa shape index (κ2) is 7.85. The third-order valence-corrected chi connectivity index (χ3v) is 3.82. The van der Waals surface area contributed by atoms with E-state index < -0.39 is 11.9 Å². The van der Waals surface area contributed by atoms with Gasteiger partial charge in [0, 0.05) is 25.2 Å². The number of carbonyl (C=O) groups excluding carboxylic acids is 1. The second-order valence-electron chi connectivity index (χ2n) is 6.06. The predicted octanol–water partition coefficient (Wildman–Crippen LogP) is 2.48. The zero-order chi connectivity index (χ0) is 16.8. The topological polar surface area (TPSA) is 78.9 Å². The fourth-order valence-electron chi connectivity index (χ4n) is 2.66. The number of para-hydroxylation sites is 1. The van der Waals surface area contributed by atoms with Crippen LogP contribution in [0.15, 0.2) is 24.3 Å². The highest BCUT2D eigenvalue weighted by molar-refractivity contribution is 5.76. The van der Waals surface area contributed by atoms with Crippen molar-refractivity contribution in [1.29, 1.82) is 0 Å². The Kier molecular flexibility index (Phi) is 5.84. The molecule has 0 radical (unpaired) electrons. The van der Waals surface area contributed by atoms with Gasteiger partial charge < -0.3 is 20.1 Å². The van der Waals surface area contributed by atoms with Gasteiger partial charge in [-0.3, -0.25) is 4.79 Å². The zero-order valence-corrected chi connectivity index (χ0v) is 13.6. The number of carboxylic acids is 1. The van der Waals surface area contributed by atoms with Gasteiger partial charge in [0.15, 0.2) is 0 Å². The first-order chi connectivity index (χ1) is 11.0. The Balaban J connectivity index is 1.93. The highest BCUT2D eigenvalue weighted by Crippen LogP contribution is 2.20. The van der Waals surface area contributed by atoms with Crippen LogP contribution in [0.3, 0.4) is 0 Å². The Morgan fingerprint density at radius 1 is 1.39 bits per heavy atom. The molecule has 126 valence electrons. The molecule has 1 atom stereocenters. The van der Waals surface area contributed by atoms with Crippen LogP contribution in [0, 0.1) is 5.92 Å². The molecule has 1 aromatic carbocycles. The number of nitrogens with zero attached hydrogens (tertiary/aromatic N) is 1. The van der Waals surface area contributed by atoms with Gasteiger partial charge in [-0.05, 0) is 32.8 Å². The van der Waals surface area contributed by atoms with E-state index in [1.807, 2.05) is 38.1 Å². The molecule has 2 N–H and O–H groups in total. The van der Waals surface area contributed by atoms with Gasteiger partial charge in [-0.1, -0.05) is 18.2 Å². The molecule has 2 rings (SSSR count). The summed E-state index contributed by atoms with van der Waals surface area (Å²) < 4.78 is 5.73. The van der Waals surface area contributed by atoms with Crippen molar-refractivity contribution < 1.29 is 19.4 Å². The number of hydrogen-bond acceptors (Lipinski definition) is 3. The Morgan fingerprint density at radius 3 is 2.83 bits per heavy atom. The average molecular weight is 320 g/mol. The quantitative estimate of drug-likeness (QED) is 0.873. The molecule has 1 aliphatic rings. The molecule has 6 nitrogen and oxygen atoms in total. The number of piperidine rings is 1. The number of rotatable bonds is 5. The van der Waals surface area contributed by atoms with Crippen LogP contribution < -0.4 is 10.1 Å². The standard InChI is InChI=1S/C17H24N2O4/c1-12(2)23-15-8-4-3-6-13(15)10-18-17(22)19-9-5-7-14(11-19)16(20)21/h3-4,6,8,12,14H,5,7,9-11H2,1-2H3,(H,18,22)(H,20,21). The number of amides is 2. The third-order valence-electron chi connectivity index (χ3n) is 3.82. The minimum Gasteiger partial charge on any atom is -0.491 e. The maximum absolute atomic E-state index is 12.3. The summed E-state index contributed by atoms with van der Waals surface area (Å²) in [6.07, 6.45) is 1.41. The normalized spacial score (nSPS) is 17.9. The minimum atomic E-state index is -0.835. The summed E-state index contributed by atoms with van der Waals surface area (Å²) in [6, 6.07) is 7.36. The van der Waals surface area contributed by atoms with Crippen LogP contribution in [-0.4, -0.2) is 41.2 Å². The summed E-state index contributed by atoms with van der Waals surface area (Å²) in [5, 5.41) is 11.9. The zero-order valence-electron chi connectivity index (χ0n) is 13.6. The fraction of sp³-hybridized carbons (Fsp3) is 0.529. The van der Waals surface area contributed by atoms with Crippen molar-refractivity contribution in [2.24, 2.45) is 5.92 Å². The van der Waals surface area contributed by atoms with Crippen molar-refractivity contribution in [3.63, 3.8) is 0 Å². The number of urea groups is 1. The maximum atomic E-state index is 12.3. The van der Waals surface area contributed by atoms with Crippen LogP contribution in [0.5, 0.6) is 5.75 Å². The van der Waals surface area contributed by atoms with E-state index in [0.29, 0.717) is 19.5 Å². The van der Waals surface area contributed by atoms with Crippen molar-refractivity contribution in [3.05, 3.63) is 29.8 Å². The van der Waals surface area contributed by atoms with Gasteiger partial charge in [0.1, 0.15) is 5.75 Å². The molecular formula is C17H24N2O4. The molecule has 2 amide bonds. The number of ether oxygens (including phenoxy) is 1. The molecule has 0 saturated carbocycles. The smallest absolute Gasteiger partial charge is 0.317 e. The van der Waals surface area contributed by atoms with Crippen LogP contribution in [0.25, 0.3) is 0 Å². The molecule has 0 aromatic heterocycles. The molecule has 1 heterocycles. The van der Waals surface area contributed by atoms with E-state index in [2.05, 4.69) is 5.32 Å². The number of aliphatic carboxylic acids is 1. The number of carbonyl (C=O) groups is 2. The molecule has 23 heavy (non-hydrogen) atoms. The van der Waals surface area contributed by atoms with Crippen LogP contribution in [0.2, 0.25) is 0 Å². The SMILES string of the molecule is CC(C)Oc1ccccc1CNC(=O)N1CCCC(C(=O)O)C1. The third kappa shape index (κ3) is 4.87. The molecule has 0 aliphatic carbocycles. The van der Waals surface area contributed by atoms with Gasteiger partial charge in [0.2, 0.25) is 0 Å². The first-order valence-electron chi connectivity index (χ1n) is 7.97. The van der Waals surface area contributed by atoms with Gasteiger partial charge >= 0.3 is 12.0 Å². The summed E-state index contributed by atoms with van der Waals surface area (Å²) in [5.41, 5.74) is 0.904. The van der Waals surface area contributed by atoms with E-state index in [4.69, 9.17) is 9.84 Å². The van der Waals surface area contributed by atoms with Crippen LogP contribution >= 0.6 is 0 Å². The largest absolute Gasteiger partial charge is 0.491 e. The maximum Gasteiger partial charge on any atom is 0.317 e. The number of carboxylic acid groups (broad SMARTS) is 1. The Bertz CT molecular complexity index is 559. The van der Waals surface area contributed by atoms with Crippen molar-refractivity contribution in [3.8, 4) is 5.75 Å². The number of likely N-dealkylation sites (tertiary alicyclic amines) is 1. The lowest BCUT2D eigenvalue weighted by Gasteiger charge is -2.30. The van der Waals surface area contributed by atoms with Crippen molar-refractivity contribution in [2.45, 2.75) is 39.3 Å². The predicted molar refractivity (Wildman–Crippen MR) is 86.4 cm³/mol. The lowest BCUT2D eigenvalue weighted by atomic mass is 9.99. The lowest BCUT2D eigenvalue weighted by molar-refractivity contribution is -0.143. The van der Waals surface area contributed by atoms with Gasteiger partial charge in [-0.15, -0.1) is 0 Å². The van der Waals surface area contributed by atoms with Crippen LogP contribution in [0.4, 0.5) is 4.79 Å². The Labute approximate surface area is 136 Å². The van der Waals surface area contributed by atoms with E-state index in [0.717, 1.165) is 17.7 Å². The first-order valence-corrected chi connectivity index (χ1v) is 7.97. The molecular weight excluding hydrogens is 296 g/mol. The van der Waals surface area contributed by atoms with Crippen LogP contribution in [-0.2, 0) is 11.3 Å². The highest BCUT2D eigenvalue weighted by Gasteiger charge is 2.28. The van der Waals surface area contributed by atoms with Gasteiger partial charge in [-0.25, -0.2) is 4.79 Å². The van der Waals surface area contributed by atoms with E-state index in [9.17, 15) is 9.59 Å². The van der Waals surface area contributed by atoms with Crippen molar-refractivity contribution in [2.75, 3.05) is 13.1 Å². The molecule has 0 spiro atoms. The summed E-state index contributed by atoms with van der Waals surface area (Å²) in [7, 11) is 0. The molecule has 1 fully saturated rings.